The van der Waals surface area contributed by atoms with E-state index in [4.69, 9.17) is 21.1 Å². The largest absolute Gasteiger partial charge is 0.492 e. The van der Waals surface area contributed by atoms with Gasteiger partial charge in [0.15, 0.2) is 0 Å². The van der Waals surface area contributed by atoms with E-state index in [2.05, 4.69) is 10.3 Å². The molecular weight excluding hydrogens is 364 g/mol. The van der Waals surface area contributed by atoms with Crippen molar-refractivity contribution in [2.24, 2.45) is 0 Å². The zero-order chi connectivity index (χ0) is 18.9. The molecule has 1 N–H and O–H groups in total. The smallest absolute Gasteiger partial charge is 0.150 e. The van der Waals surface area contributed by atoms with Crippen LogP contribution < -0.4 is 14.8 Å². The molecule has 1 heterocycles. The minimum atomic E-state index is 0.515. The van der Waals surface area contributed by atoms with Crippen molar-refractivity contribution >= 4 is 17.9 Å². The van der Waals surface area contributed by atoms with Crippen molar-refractivity contribution in [3.63, 3.8) is 0 Å². The highest BCUT2D eigenvalue weighted by atomic mass is 35.5. The van der Waals surface area contributed by atoms with Gasteiger partial charge in [-0.2, -0.15) is 0 Å². The van der Waals surface area contributed by atoms with Crippen molar-refractivity contribution in [1.29, 1.82) is 0 Å². The van der Waals surface area contributed by atoms with Gasteiger partial charge in [-0.3, -0.25) is 9.78 Å². The maximum absolute atomic E-state index is 10.6. The van der Waals surface area contributed by atoms with Crippen LogP contribution in [0.5, 0.6) is 17.2 Å². The lowest BCUT2D eigenvalue weighted by Gasteiger charge is -2.09. The standard InChI is InChI=1S/C21H19ClN2O3/c22-17-3-7-20(8-4-17)27-21-9-10-24-18(13-21)14-23-11-12-26-19-5-1-16(15-25)2-6-19/h1-10,13,15,23H,11-12,14H2. The average molecular weight is 383 g/mol. The summed E-state index contributed by atoms with van der Waals surface area (Å²) in [4.78, 5) is 15.0. The van der Waals surface area contributed by atoms with E-state index in [1.54, 1.807) is 42.6 Å². The van der Waals surface area contributed by atoms with Crippen LogP contribution in [0.15, 0.2) is 66.9 Å². The molecule has 0 saturated heterocycles. The van der Waals surface area contributed by atoms with E-state index in [9.17, 15) is 4.79 Å². The fourth-order valence-electron chi connectivity index (χ4n) is 2.36. The summed E-state index contributed by atoms with van der Waals surface area (Å²) >= 11 is 5.88. The third-order valence-electron chi connectivity index (χ3n) is 3.71. The molecule has 5 nitrogen and oxygen atoms in total. The minimum Gasteiger partial charge on any atom is -0.492 e. The molecule has 6 heteroatoms. The van der Waals surface area contributed by atoms with Crippen LogP contribution in [0.4, 0.5) is 0 Å². The Morgan fingerprint density at radius 2 is 1.70 bits per heavy atom. The SMILES string of the molecule is O=Cc1ccc(OCCNCc2cc(Oc3ccc(Cl)cc3)ccn2)cc1. The predicted octanol–water partition coefficient (Wildman–Crippen LogP) is 4.51. The molecule has 27 heavy (non-hydrogen) atoms. The van der Waals surface area contributed by atoms with Crippen LogP contribution in [-0.2, 0) is 6.54 Å². The maximum atomic E-state index is 10.6. The van der Waals surface area contributed by atoms with Gasteiger partial charge in [0.1, 0.15) is 30.1 Å². The molecule has 0 fully saturated rings. The predicted molar refractivity (Wildman–Crippen MR) is 105 cm³/mol. The molecule has 138 valence electrons. The van der Waals surface area contributed by atoms with Crippen LogP contribution in [0.25, 0.3) is 0 Å². The lowest BCUT2D eigenvalue weighted by atomic mass is 10.2. The highest BCUT2D eigenvalue weighted by molar-refractivity contribution is 6.30. The average Bonchev–Trinajstić information content (AvgIpc) is 2.70. The monoisotopic (exact) mass is 382 g/mol. The molecule has 0 radical (unpaired) electrons. The number of nitrogens with one attached hydrogen (secondary N) is 1. The number of aromatic nitrogens is 1. The van der Waals surface area contributed by atoms with Gasteiger partial charge >= 0.3 is 0 Å². The third kappa shape index (κ3) is 6.09. The summed E-state index contributed by atoms with van der Waals surface area (Å²) in [6, 6.07) is 17.9. The van der Waals surface area contributed by atoms with E-state index in [0.29, 0.717) is 30.3 Å². The quantitative estimate of drug-likeness (QED) is 0.436. The zero-order valence-electron chi connectivity index (χ0n) is 14.6. The van der Waals surface area contributed by atoms with Crippen LogP contribution in [0.3, 0.4) is 0 Å². The Labute approximate surface area is 162 Å². The first kappa shape index (κ1) is 18.9. The summed E-state index contributed by atoms with van der Waals surface area (Å²) in [7, 11) is 0. The summed E-state index contributed by atoms with van der Waals surface area (Å²) in [5.74, 6) is 2.17. The van der Waals surface area contributed by atoms with Crippen LogP contribution in [0, 0.1) is 0 Å². The fourth-order valence-corrected chi connectivity index (χ4v) is 2.48. The van der Waals surface area contributed by atoms with Crippen LogP contribution in [-0.4, -0.2) is 24.4 Å². The van der Waals surface area contributed by atoms with Crippen molar-refractivity contribution in [3.8, 4) is 17.2 Å². The molecule has 0 spiro atoms. The molecule has 3 aromatic rings. The van der Waals surface area contributed by atoms with E-state index in [-0.39, 0.29) is 0 Å². The van der Waals surface area contributed by atoms with Gasteiger partial charge in [-0.15, -0.1) is 0 Å². The molecule has 1 aromatic heterocycles. The molecule has 0 saturated carbocycles. The summed E-state index contributed by atoms with van der Waals surface area (Å²) in [5.41, 5.74) is 1.50. The third-order valence-corrected chi connectivity index (χ3v) is 3.96. The van der Waals surface area contributed by atoms with Crippen LogP contribution in [0.1, 0.15) is 16.1 Å². The summed E-state index contributed by atoms with van der Waals surface area (Å²) in [6.45, 7) is 1.78. The Bertz CT molecular complexity index is 867. The number of halogens is 1. The van der Waals surface area contributed by atoms with Crippen molar-refractivity contribution in [2.45, 2.75) is 6.54 Å². The van der Waals surface area contributed by atoms with Gasteiger partial charge in [0.2, 0.25) is 0 Å². The Hall–Kier alpha value is -2.89. The lowest BCUT2D eigenvalue weighted by molar-refractivity contribution is 0.112. The highest BCUT2D eigenvalue weighted by Gasteiger charge is 2.01. The maximum Gasteiger partial charge on any atom is 0.150 e. The number of ether oxygens (including phenoxy) is 2. The molecule has 0 amide bonds. The van der Waals surface area contributed by atoms with Crippen molar-refractivity contribution in [2.75, 3.05) is 13.2 Å². The summed E-state index contributed by atoms with van der Waals surface area (Å²) in [5, 5.41) is 3.95. The van der Waals surface area contributed by atoms with Gasteiger partial charge in [-0.25, -0.2) is 0 Å². The van der Waals surface area contributed by atoms with Crippen molar-refractivity contribution < 1.29 is 14.3 Å². The van der Waals surface area contributed by atoms with Crippen LogP contribution in [0.2, 0.25) is 5.02 Å². The Morgan fingerprint density at radius 1 is 0.963 bits per heavy atom. The topological polar surface area (TPSA) is 60.5 Å². The number of nitrogens with zero attached hydrogens (tertiary/aromatic N) is 1. The number of benzene rings is 2. The molecule has 0 atom stereocenters. The van der Waals surface area contributed by atoms with Crippen molar-refractivity contribution in [3.05, 3.63) is 83.1 Å². The van der Waals surface area contributed by atoms with Gasteiger partial charge < -0.3 is 14.8 Å². The van der Waals surface area contributed by atoms with Crippen molar-refractivity contribution in [1.82, 2.24) is 10.3 Å². The number of hydrogen-bond donors (Lipinski definition) is 1. The normalized spacial score (nSPS) is 10.4. The van der Waals surface area contributed by atoms with E-state index < -0.39 is 0 Å². The minimum absolute atomic E-state index is 0.515. The molecule has 0 aliphatic rings. The van der Waals surface area contributed by atoms with Gasteiger partial charge in [-0.05, 0) is 54.6 Å². The highest BCUT2D eigenvalue weighted by Crippen LogP contribution is 2.23. The molecule has 0 unspecified atom stereocenters. The second kappa shape index (κ2) is 9.71. The van der Waals surface area contributed by atoms with Gasteiger partial charge in [0, 0.05) is 35.9 Å². The number of hydrogen-bond acceptors (Lipinski definition) is 5. The second-order valence-electron chi connectivity index (χ2n) is 5.75. The Balaban J connectivity index is 1.42. The first-order valence-electron chi connectivity index (χ1n) is 8.50. The van der Waals surface area contributed by atoms with E-state index >= 15 is 0 Å². The second-order valence-corrected chi connectivity index (χ2v) is 6.19. The molecule has 0 aliphatic heterocycles. The first-order chi connectivity index (χ1) is 13.2. The molecule has 0 aliphatic carbocycles. The zero-order valence-corrected chi connectivity index (χ0v) is 15.4. The molecule has 2 aromatic carbocycles. The number of aldehydes is 1. The summed E-state index contributed by atoms with van der Waals surface area (Å²) in [6.07, 6.45) is 2.52. The van der Waals surface area contributed by atoms with E-state index in [0.717, 1.165) is 29.2 Å². The van der Waals surface area contributed by atoms with Gasteiger partial charge in [0.25, 0.3) is 0 Å². The molecule has 3 rings (SSSR count). The molecular formula is C21H19ClN2O3. The number of carbonyl (C=O) groups excluding carboxylic acids is 1. The van der Waals surface area contributed by atoms with Gasteiger partial charge in [0.05, 0.1) is 5.69 Å². The molecule has 0 bridgehead atoms. The number of pyridine rings is 1. The Kier molecular flexibility index (Phi) is 6.79. The number of rotatable bonds is 9. The first-order valence-corrected chi connectivity index (χ1v) is 8.88. The van der Waals surface area contributed by atoms with E-state index in [1.165, 1.54) is 0 Å². The fraction of sp³-hybridized carbons (Fsp3) is 0.143. The van der Waals surface area contributed by atoms with E-state index in [1.807, 2.05) is 24.3 Å². The van der Waals surface area contributed by atoms with Gasteiger partial charge in [-0.1, -0.05) is 11.6 Å². The lowest BCUT2D eigenvalue weighted by Crippen LogP contribution is -2.21. The Morgan fingerprint density at radius 3 is 2.44 bits per heavy atom. The number of carbonyl (C=O) groups is 1. The summed E-state index contributed by atoms with van der Waals surface area (Å²) < 4.78 is 11.4. The van der Waals surface area contributed by atoms with Crippen LogP contribution >= 0.6 is 11.6 Å².